The van der Waals surface area contributed by atoms with Gasteiger partial charge in [0.25, 0.3) is 0 Å². The molecule has 1 aliphatic heterocycles. The number of hydrogen-bond donors (Lipinski definition) is 3. The molecule has 186 valence electrons. The molecule has 3 N–H and O–H groups in total. The number of piperidine rings is 1. The molecule has 3 rings (SSSR count). The number of aliphatic imine (C=N–C) groups is 1. The maximum absolute atomic E-state index is 11.6. The van der Waals surface area contributed by atoms with Crippen molar-refractivity contribution in [2.75, 3.05) is 40.3 Å². The molecule has 1 saturated carbocycles. The predicted octanol–water partition coefficient (Wildman–Crippen LogP) is 2.90. The number of benzene rings is 1. The maximum atomic E-state index is 11.6. The van der Waals surface area contributed by atoms with Gasteiger partial charge in [-0.2, -0.15) is 0 Å². The van der Waals surface area contributed by atoms with Crippen LogP contribution in [0.5, 0.6) is 11.5 Å². The third-order valence-electron chi connectivity index (χ3n) is 6.20. The van der Waals surface area contributed by atoms with E-state index in [9.17, 15) is 4.79 Å². The lowest BCUT2D eigenvalue weighted by molar-refractivity contribution is -0.122. The largest absolute Gasteiger partial charge is 0.497 e. The van der Waals surface area contributed by atoms with E-state index in [1.165, 1.54) is 12.8 Å². The minimum Gasteiger partial charge on any atom is -0.497 e. The number of nitrogens with one attached hydrogen (secondary N) is 3. The lowest BCUT2D eigenvalue weighted by Gasteiger charge is -2.32. The Morgan fingerprint density at radius 2 is 1.91 bits per heavy atom. The van der Waals surface area contributed by atoms with Crippen LogP contribution in [0.3, 0.4) is 0 Å². The molecule has 1 amide bonds. The number of methoxy groups -OCH3 is 1. The molecule has 1 aliphatic carbocycles. The maximum Gasteiger partial charge on any atom is 0.233 e. The number of halogens is 1. The molecule has 1 aromatic carbocycles. The number of carbonyl (C=O) groups is 1. The van der Waals surface area contributed by atoms with Gasteiger partial charge in [0.05, 0.1) is 26.3 Å². The summed E-state index contributed by atoms with van der Waals surface area (Å²) >= 11 is 0. The molecule has 0 bridgehead atoms. The van der Waals surface area contributed by atoms with Crippen molar-refractivity contribution in [2.45, 2.75) is 64.1 Å². The number of likely N-dealkylation sites (tertiary alicyclic amines) is 1. The van der Waals surface area contributed by atoms with Crippen molar-refractivity contribution in [3.8, 4) is 11.5 Å². The Hall–Kier alpha value is -1.75. The second kappa shape index (κ2) is 14.5. The first-order valence-corrected chi connectivity index (χ1v) is 11.9. The summed E-state index contributed by atoms with van der Waals surface area (Å²) in [6.07, 6.45) is 6.96. The summed E-state index contributed by atoms with van der Waals surface area (Å²) in [7, 11) is 3.36. The van der Waals surface area contributed by atoms with Gasteiger partial charge >= 0.3 is 0 Å². The van der Waals surface area contributed by atoms with Gasteiger partial charge in [0.2, 0.25) is 5.91 Å². The first kappa shape index (κ1) is 27.5. The summed E-state index contributed by atoms with van der Waals surface area (Å²) in [5.41, 5.74) is 1.07. The van der Waals surface area contributed by atoms with E-state index >= 15 is 0 Å². The highest BCUT2D eigenvalue weighted by atomic mass is 127. The third-order valence-corrected chi connectivity index (χ3v) is 6.20. The van der Waals surface area contributed by atoms with E-state index in [0.717, 1.165) is 68.3 Å². The summed E-state index contributed by atoms with van der Waals surface area (Å²) < 4.78 is 11.7. The lowest BCUT2D eigenvalue weighted by atomic mass is 10.1. The normalized spacial score (nSPS) is 17.8. The number of hydrogen-bond acceptors (Lipinski definition) is 5. The molecule has 2 fully saturated rings. The molecule has 0 aromatic heterocycles. The zero-order valence-corrected chi connectivity index (χ0v) is 22.5. The first-order chi connectivity index (χ1) is 15.6. The molecule has 1 saturated heterocycles. The van der Waals surface area contributed by atoms with E-state index in [1.807, 2.05) is 18.2 Å². The van der Waals surface area contributed by atoms with Crippen LogP contribution < -0.4 is 25.4 Å². The fraction of sp³-hybridized carbons (Fsp3) is 0.667. The van der Waals surface area contributed by atoms with Crippen molar-refractivity contribution < 1.29 is 14.3 Å². The molecule has 0 unspecified atom stereocenters. The molecule has 1 aromatic rings. The molecule has 0 radical (unpaired) electrons. The Morgan fingerprint density at radius 1 is 1.18 bits per heavy atom. The molecule has 0 atom stereocenters. The molecule has 9 heteroatoms. The molecule has 0 spiro atoms. The van der Waals surface area contributed by atoms with Crippen LogP contribution in [0.25, 0.3) is 0 Å². The average Bonchev–Trinajstić information content (AvgIpc) is 3.32. The Bertz CT molecular complexity index is 762. The second-order valence-electron chi connectivity index (χ2n) is 8.56. The standard InChI is InChI=1S/C24H39N5O3.HI/c1-4-26-24(28-19-11-13-29(14-12-19)17-23(30)25-2)27-16-18-9-10-21(31-3)15-22(18)32-20-7-5-6-8-20;/h9-10,15,19-20H,4-8,11-14,16-17H2,1-3H3,(H,25,30)(H2,26,27,28);1H. The van der Waals surface area contributed by atoms with E-state index < -0.39 is 0 Å². The number of carbonyl (C=O) groups excluding carboxylic acids is 1. The van der Waals surface area contributed by atoms with Crippen molar-refractivity contribution >= 4 is 35.8 Å². The van der Waals surface area contributed by atoms with Gasteiger partial charge in [0, 0.05) is 44.4 Å². The quantitative estimate of drug-likeness (QED) is 0.239. The van der Waals surface area contributed by atoms with Crippen molar-refractivity contribution in [1.29, 1.82) is 0 Å². The number of nitrogens with zero attached hydrogens (tertiary/aromatic N) is 2. The summed E-state index contributed by atoms with van der Waals surface area (Å²) in [6.45, 7) is 5.70. The molecule has 1 heterocycles. The molecule has 33 heavy (non-hydrogen) atoms. The van der Waals surface area contributed by atoms with Crippen LogP contribution in [0.15, 0.2) is 23.2 Å². The molecular formula is C24H40IN5O3. The number of ether oxygens (including phenoxy) is 2. The Balaban J connectivity index is 0.00000385. The summed E-state index contributed by atoms with van der Waals surface area (Å²) in [5, 5.41) is 9.64. The average molecular weight is 574 g/mol. The summed E-state index contributed by atoms with van der Waals surface area (Å²) in [6, 6.07) is 6.34. The van der Waals surface area contributed by atoms with Crippen LogP contribution in [0.4, 0.5) is 0 Å². The van der Waals surface area contributed by atoms with Crippen molar-refractivity contribution in [1.82, 2.24) is 20.9 Å². The van der Waals surface area contributed by atoms with Gasteiger partial charge in [-0.3, -0.25) is 9.69 Å². The monoisotopic (exact) mass is 573 g/mol. The number of amides is 1. The van der Waals surface area contributed by atoms with Crippen molar-refractivity contribution in [2.24, 2.45) is 4.99 Å². The van der Waals surface area contributed by atoms with E-state index in [2.05, 4.69) is 27.8 Å². The highest BCUT2D eigenvalue weighted by molar-refractivity contribution is 14.0. The van der Waals surface area contributed by atoms with E-state index in [0.29, 0.717) is 19.1 Å². The zero-order chi connectivity index (χ0) is 22.8. The van der Waals surface area contributed by atoms with Gasteiger partial charge in [0.1, 0.15) is 11.5 Å². The van der Waals surface area contributed by atoms with Gasteiger partial charge in [-0.15, -0.1) is 24.0 Å². The van der Waals surface area contributed by atoms with Crippen LogP contribution in [-0.2, 0) is 11.3 Å². The van der Waals surface area contributed by atoms with E-state index in [1.54, 1.807) is 14.2 Å². The van der Waals surface area contributed by atoms with Gasteiger partial charge in [-0.1, -0.05) is 0 Å². The van der Waals surface area contributed by atoms with Gasteiger partial charge in [-0.25, -0.2) is 4.99 Å². The summed E-state index contributed by atoms with van der Waals surface area (Å²) in [5.74, 6) is 2.57. The van der Waals surface area contributed by atoms with Gasteiger partial charge in [-0.05, 0) is 57.6 Å². The van der Waals surface area contributed by atoms with Gasteiger partial charge in [0.15, 0.2) is 5.96 Å². The fourth-order valence-corrected chi connectivity index (χ4v) is 4.28. The van der Waals surface area contributed by atoms with Crippen LogP contribution >= 0.6 is 24.0 Å². The Labute approximate surface area is 215 Å². The predicted molar refractivity (Wildman–Crippen MR) is 143 cm³/mol. The van der Waals surface area contributed by atoms with Crippen molar-refractivity contribution in [3.63, 3.8) is 0 Å². The SMILES string of the molecule is CCNC(=NCc1ccc(OC)cc1OC1CCCC1)NC1CCN(CC(=O)NC)CC1.I. The smallest absolute Gasteiger partial charge is 0.233 e. The molecular weight excluding hydrogens is 533 g/mol. The lowest BCUT2D eigenvalue weighted by Crippen LogP contribution is -2.50. The van der Waals surface area contributed by atoms with E-state index in [-0.39, 0.29) is 36.0 Å². The van der Waals surface area contributed by atoms with Crippen LogP contribution in [0, 0.1) is 0 Å². The highest BCUT2D eigenvalue weighted by Gasteiger charge is 2.22. The Morgan fingerprint density at radius 3 is 2.55 bits per heavy atom. The first-order valence-electron chi connectivity index (χ1n) is 11.9. The molecule has 8 nitrogen and oxygen atoms in total. The minimum atomic E-state index is 0. The van der Waals surface area contributed by atoms with Crippen LogP contribution in [0.1, 0.15) is 51.0 Å². The zero-order valence-electron chi connectivity index (χ0n) is 20.2. The number of guanidine groups is 1. The number of likely N-dealkylation sites (N-methyl/N-ethyl adjacent to an activating group) is 1. The summed E-state index contributed by atoms with van der Waals surface area (Å²) in [4.78, 5) is 18.6. The van der Waals surface area contributed by atoms with Gasteiger partial charge < -0.3 is 25.4 Å². The van der Waals surface area contributed by atoms with E-state index in [4.69, 9.17) is 14.5 Å². The fourth-order valence-electron chi connectivity index (χ4n) is 4.28. The third kappa shape index (κ3) is 8.84. The molecule has 2 aliphatic rings. The van der Waals surface area contributed by atoms with Crippen LogP contribution in [-0.4, -0.2) is 69.2 Å². The van der Waals surface area contributed by atoms with Crippen LogP contribution in [0.2, 0.25) is 0 Å². The second-order valence-corrected chi connectivity index (χ2v) is 8.56. The minimum absolute atomic E-state index is 0. The van der Waals surface area contributed by atoms with Crippen molar-refractivity contribution in [3.05, 3.63) is 23.8 Å². The highest BCUT2D eigenvalue weighted by Crippen LogP contribution is 2.30. The topological polar surface area (TPSA) is 87.2 Å². The number of rotatable bonds is 9. The Kier molecular flexibility index (Phi) is 12.1.